The fraction of sp³-hybridized carbons (Fsp3) is 0.200. The van der Waals surface area contributed by atoms with E-state index in [2.05, 4.69) is 14.9 Å². The van der Waals surface area contributed by atoms with Crippen LogP contribution >= 0.6 is 0 Å². The van der Waals surface area contributed by atoms with E-state index in [1.165, 1.54) is 10.9 Å². The maximum atomic E-state index is 13.7. The van der Waals surface area contributed by atoms with Crippen LogP contribution in [0.15, 0.2) is 29.6 Å². The number of nitrogens with zero attached hydrogens (tertiary/aromatic N) is 4. The highest BCUT2D eigenvalue weighted by Crippen LogP contribution is 2.24. The van der Waals surface area contributed by atoms with Crippen LogP contribution in [0.2, 0.25) is 0 Å². The minimum absolute atomic E-state index is 0.135. The van der Waals surface area contributed by atoms with Crippen molar-refractivity contribution in [1.29, 1.82) is 0 Å². The van der Waals surface area contributed by atoms with Crippen molar-refractivity contribution in [3.63, 3.8) is 0 Å². The molecule has 3 aromatic rings. The summed E-state index contributed by atoms with van der Waals surface area (Å²) in [4.78, 5) is -0.135. The van der Waals surface area contributed by atoms with E-state index < -0.39 is 51.2 Å². The van der Waals surface area contributed by atoms with Gasteiger partial charge in [-0.2, -0.15) is 10.2 Å². The Hall–Kier alpha value is -2.96. The molecule has 150 valence electrons. The molecule has 0 aliphatic rings. The highest BCUT2D eigenvalue weighted by atomic mass is 32.2. The third-order valence-corrected chi connectivity index (χ3v) is 5.05. The third-order valence-electron chi connectivity index (χ3n) is 3.74. The summed E-state index contributed by atoms with van der Waals surface area (Å²) in [6.45, 7) is 1.41. The molecule has 1 N–H and O–H groups in total. The quantitative estimate of drug-likeness (QED) is 0.377. The molecule has 0 bridgehead atoms. The van der Waals surface area contributed by atoms with E-state index in [1.54, 1.807) is 6.92 Å². The Morgan fingerprint density at radius 1 is 1.00 bits per heavy atom. The minimum atomic E-state index is -4.02. The monoisotopic (exact) mass is 421 g/mol. The number of aryl methyl sites for hydroxylation is 1. The van der Waals surface area contributed by atoms with Crippen molar-refractivity contribution >= 4 is 15.8 Å². The maximum Gasteiger partial charge on any atom is 0.266 e. The summed E-state index contributed by atoms with van der Waals surface area (Å²) < 4.78 is 95.9. The first kappa shape index (κ1) is 19.8. The molecule has 7 nitrogen and oxygen atoms in total. The van der Waals surface area contributed by atoms with Crippen LogP contribution < -0.4 is 4.72 Å². The summed E-state index contributed by atoms with van der Waals surface area (Å²) >= 11 is 0. The maximum absolute atomic E-state index is 13.7. The lowest BCUT2D eigenvalue weighted by Gasteiger charge is -2.08. The average Bonchev–Trinajstić information content (AvgIpc) is 3.31. The van der Waals surface area contributed by atoms with Gasteiger partial charge in [0.1, 0.15) is 4.90 Å². The molecule has 13 heteroatoms. The van der Waals surface area contributed by atoms with Gasteiger partial charge in [-0.05, 0) is 6.92 Å². The summed E-state index contributed by atoms with van der Waals surface area (Å²) in [6, 6.07) is 1.16. The third kappa shape index (κ3) is 3.56. The van der Waals surface area contributed by atoms with Crippen LogP contribution in [0.5, 0.6) is 0 Å². The molecule has 0 atom stereocenters. The molecule has 3 rings (SSSR count). The fourth-order valence-electron chi connectivity index (χ4n) is 2.31. The predicted molar refractivity (Wildman–Crippen MR) is 86.3 cm³/mol. The number of nitrogens with one attached hydrogen (secondary N) is 1. The Morgan fingerprint density at radius 3 is 2.18 bits per heavy atom. The van der Waals surface area contributed by atoms with Gasteiger partial charge in [0.25, 0.3) is 10.0 Å². The summed E-state index contributed by atoms with van der Waals surface area (Å²) in [5.41, 5.74) is -1.10. The number of halogens is 5. The second-order valence-electron chi connectivity index (χ2n) is 5.58. The van der Waals surface area contributed by atoms with Crippen LogP contribution in [0, 0.1) is 29.1 Å². The van der Waals surface area contributed by atoms with Gasteiger partial charge in [-0.25, -0.2) is 30.4 Å². The molecule has 0 fully saturated rings. The van der Waals surface area contributed by atoms with Crippen LogP contribution in [0.3, 0.4) is 0 Å². The van der Waals surface area contributed by atoms with Crippen LogP contribution in [-0.2, 0) is 23.1 Å². The Bertz CT molecular complexity index is 1110. The number of rotatable bonds is 6. The molecule has 0 aliphatic carbocycles. The largest absolute Gasteiger partial charge is 0.272 e. The molecule has 2 heterocycles. The predicted octanol–water partition coefficient (Wildman–Crippen LogP) is 2.64. The van der Waals surface area contributed by atoms with Crippen LogP contribution in [0.25, 0.3) is 0 Å². The minimum Gasteiger partial charge on any atom is -0.272 e. The molecule has 0 spiro atoms. The summed E-state index contributed by atoms with van der Waals surface area (Å²) in [6.07, 6.45) is 3.52. The SMILES string of the molecule is CCn1cc(S(=O)(=O)Nc2ccn(Cc3c(F)c(F)c(F)c(F)c3F)n2)cn1. The van der Waals surface area contributed by atoms with E-state index in [9.17, 15) is 30.4 Å². The van der Waals surface area contributed by atoms with E-state index in [1.807, 2.05) is 0 Å². The van der Waals surface area contributed by atoms with Crippen molar-refractivity contribution in [3.8, 4) is 0 Å². The van der Waals surface area contributed by atoms with Gasteiger partial charge in [0, 0.05) is 25.0 Å². The van der Waals surface area contributed by atoms with E-state index in [-0.39, 0.29) is 10.7 Å². The van der Waals surface area contributed by atoms with E-state index in [0.29, 0.717) is 6.54 Å². The normalized spacial score (nSPS) is 11.8. The molecule has 0 saturated carbocycles. The van der Waals surface area contributed by atoms with Crippen molar-refractivity contribution in [2.75, 3.05) is 4.72 Å². The van der Waals surface area contributed by atoms with E-state index in [4.69, 9.17) is 0 Å². The van der Waals surface area contributed by atoms with Crippen molar-refractivity contribution in [2.45, 2.75) is 24.9 Å². The molecule has 0 radical (unpaired) electrons. The lowest BCUT2D eigenvalue weighted by molar-refractivity contribution is 0.367. The van der Waals surface area contributed by atoms with Crippen LogP contribution in [0.1, 0.15) is 12.5 Å². The molecule has 28 heavy (non-hydrogen) atoms. The van der Waals surface area contributed by atoms with Gasteiger partial charge in [-0.15, -0.1) is 0 Å². The lowest BCUT2D eigenvalue weighted by atomic mass is 10.1. The van der Waals surface area contributed by atoms with Crippen LogP contribution in [0.4, 0.5) is 27.8 Å². The van der Waals surface area contributed by atoms with Gasteiger partial charge >= 0.3 is 0 Å². The van der Waals surface area contributed by atoms with E-state index >= 15 is 0 Å². The second kappa shape index (κ2) is 7.22. The molecule has 2 aromatic heterocycles. The Balaban J connectivity index is 1.84. The second-order valence-corrected chi connectivity index (χ2v) is 7.27. The molecule has 0 unspecified atom stereocenters. The zero-order chi connectivity index (χ0) is 20.6. The van der Waals surface area contributed by atoms with Gasteiger partial charge in [-0.1, -0.05) is 0 Å². The fourth-order valence-corrected chi connectivity index (χ4v) is 3.26. The van der Waals surface area contributed by atoms with Crippen LogP contribution in [-0.4, -0.2) is 28.0 Å². The van der Waals surface area contributed by atoms with Gasteiger partial charge in [-0.3, -0.25) is 14.1 Å². The highest BCUT2D eigenvalue weighted by Gasteiger charge is 2.26. The summed E-state index contributed by atoms with van der Waals surface area (Å²) in [7, 11) is -4.02. The van der Waals surface area contributed by atoms with Gasteiger partial charge in [0.15, 0.2) is 29.1 Å². The van der Waals surface area contributed by atoms with Crippen molar-refractivity contribution in [3.05, 3.63) is 59.3 Å². The number of hydrogen-bond acceptors (Lipinski definition) is 4. The standard InChI is InChI=1S/C15H12F5N5O2S/c1-2-24-6-8(5-21-24)28(26,27)23-10-3-4-25(22-10)7-9-11(16)13(18)15(20)14(19)12(9)17/h3-6H,2,7H2,1H3,(H,22,23). The number of benzene rings is 1. The summed E-state index contributed by atoms with van der Waals surface area (Å²) in [5, 5.41) is 7.57. The smallest absolute Gasteiger partial charge is 0.266 e. The topological polar surface area (TPSA) is 81.8 Å². The van der Waals surface area contributed by atoms with Crippen molar-refractivity contribution in [2.24, 2.45) is 0 Å². The van der Waals surface area contributed by atoms with E-state index in [0.717, 1.165) is 23.1 Å². The molecular weight excluding hydrogens is 409 g/mol. The van der Waals surface area contributed by atoms with Gasteiger partial charge in [0.2, 0.25) is 5.82 Å². The molecule has 1 aromatic carbocycles. The number of sulfonamides is 1. The molecule has 0 saturated heterocycles. The molecular formula is C15H12F5N5O2S. The van der Waals surface area contributed by atoms with Crippen molar-refractivity contribution in [1.82, 2.24) is 19.6 Å². The number of aromatic nitrogens is 4. The Kier molecular flexibility index (Phi) is 5.10. The first-order valence-corrected chi connectivity index (χ1v) is 9.21. The average molecular weight is 421 g/mol. The highest BCUT2D eigenvalue weighted by molar-refractivity contribution is 7.92. The summed E-state index contributed by atoms with van der Waals surface area (Å²) in [5.74, 6) is -10.6. The number of anilines is 1. The molecule has 0 amide bonds. The first-order chi connectivity index (χ1) is 13.1. The van der Waals surface area contributed by atoms with Gasteiger partial charge in [0.05, 0.1) is 18.3 Å². The Labute approximate surface area is 155 Å². The zero-order valence-electron chi connectivity index (χ0n) is 14.1. The first-order valence-electron chi connectivity index (χ1n) is 7.73. The molecule has 0 aliphatic heterocycles. The Morgan fingerprint density at radius 2 is 1.61 bits per heavy atom. The van der Waals surface area contributed by atoms with Crippen molar-refractivity contribution < 1.29 is 30.4 Å². The lowest BCUT2D eigenvalue weighted by Crippen LogP contribution is -2.14. The van der Waals surface area contributed by atoms with Gasteiger partial charge < -0.3 is 0 Å². The number of hydrogen-bond donors (Lipinski definition) is 1. The zero-order valence-corrected chi connectivity index (χ0v) is 14.9.